The average molecular weight is 387 g/mol. The number of nitrogens with zero attached hydrogens (tertiary/aromatic N) is 3. The number of nitrogens with one attached hydrogen (secondary N) is 2. The molecule has 3 heterocycles. The Labute approximate surface area is 165 Å². The van der Waals surface area contributed by atoms with Gasteiger partial charge in [-0.15, -0.1) is 0 Å². The van der Waals surface area contributed by atoms with Gasteiger partial charge >= 0.3 is 0 Å². The van der Waals surface area contributed by atoms with E-state index in [9.17, 15) is 14.7 Å². The Morgan fingerprint density at radius 1 is 1.32 bits per heavy atom. The summed E-state index contributed by atoms with van der Waals surface area (Å²) >= 11 is 0. The predicted molar refractivity (Wildman–Crippen MR) is 106 cm³/mol. The van der Waals surface area contributed by atoms with Crippen molar-refractivity contribution in [2.24, 2.45) is 5.92 Å². The number of piperidine rings is 1. The number of carbonyl (C=O) groups is 2. The molecule has 4 rings (SSSR count). The summed E-state index contributed by atoms with van der Waals surface area (Å²) in [5.41, 5.74) is 1.17. The molecule has 0 radical (unpaired) electrons. The van der Waals surface area contributed by atoms with Crippen molar-refractivity contribution in [3.63, 3.8) is 0 Å². The zero-order valence-corrected chi connectivity index (χ0v) is 16.2. The molecule has 0 bridgehead atoms. The maximum absolute atomic E-state index is 12.6. The highest BCUT2D eigenvalue weighted by molar-refractivity contribution is 6.04. The lowest BCUT2D eigenvalue weighted by molar-refractivity contribution is -0.117. The van der Waals surface area contributed by atoms with E-state index in [0.29, 0.717) is 36.1 Å². The van der Waals surface area contributed by atoms with Gasteiger partial charge in [0, 0.05) is 31.9 Å². The van der Waals surface area contributed by atoms with E-state index in [0.717, 1.165) is 45.2 Å². The monoisotopic (exact) mass is 387 g/mol. The van der Waals surface area contributed by atoms with Crippen molar-refractivity contribution in [3.05, 3.63) is 17.8 Å². The van der Waals surface area contributed by atoms with Crippen LogP contribution in [0.25, 0.3) is 0 Å². The maximum atomic E-state index is 12.6. The third-order valence-corrected chi connectivity index (χ3v) is 5.91. The first-order valence-corrected chi connectivity index (χ1v) is 10.3. The number of rotatable bonds is 7. The SMILES string of the molecule is O=C(NCCN1CCCCC1CO)c1cnc2c(c1)N(CC1CC1)C(=O)CN2. The minimum atomic E-state index is -0.183. The van der Waals surface area contributed by atoms with Gasteiger partial charge in [0.25, 0.3) is 5.91 Å². The Balaban J connectivity index is 1.38. The summed E-state index contributed by atoms with van der Waals surface area (Å²) in [5, 5.41) is 15.5. The Kier molecular flexibility index (Phi) is 5.77. The van der Waals surface area contributed by atoms with Gasteiger partial charge in [-0.05, 0) is 44.2 Å². The third kappa shape index (κ3) is 4.28. The summed E-state index contributed by atoms with van der Waals surface area (Å²) in [4.78, 5) is 33.3. The van der Waals surface area contributed by atoms with Crippen molar-refractivity contribution in [3.8, 4) is 0 Å². The molecule has 0 aromatic carbocycles. The average Bonchev–Trinajstić information content (AvgIpc) is 3.54. The Bertz CT molecular complexity index is 737. The number of hydrogen-bond donors (Lipinski definition) is 3. The zero-order chi connectivity index (χ0) is 19.5. The highest BCUT2D eigenvalue weighted by atomic mass is 16.3. The van der Waals surface area contributed by atoms with Crippen LogP contribution in [0, 0.1) is 5.92 Å². The molecule has 8 nitrogen and oxygen atoms in total. The number of anilines is 2. The molecule has 152 valence electrons. The van der Waals surface area contributed by atoms with Crippen LogP contribution in [0.3, 0.4) is 0 Å². The molecule has 1 aromatic rings. The van der Waals surface area contributed by atoms with Crippen molar-refractivity contribution in [1.29, 1.82) is 0 Å². The second-order valence-electron chi connectivity index (χ2n) is 8.02. The summed E-state index contributed by atoms with van der Waals surface area (Å²) in [6, 6.07) is 1.96. The van der Waals surface area contributed by atoms with Crippen LogP contribution in [0.1, 0.15) is 42.5 Å². The molecule has 8 heteroatoms. The van der Waals surface area contributed by atoms with E-state index in [4.69, 9.17) is 0 Å². The molecule has 0 spiro atoms. The molecule has 3 N–H and O–H groups in total. The van der Waals surface area contributed by atoms with Crippen LogP contribution in [-0.4, -0.2) is 72.2 Å². The van der Waals surface area contributed by atoms with E-state index in [1.165, 1.54) is 0 Å². The molecule has 1 saturated carbocycles. The Morgan fingerprint density at radius 3 is 2.96 bits per heavy atom. The van der Waals surface area contributed by atoms with Crippen molar-refractivity contribution in [1.82, 2.24) is 15.2 Å². The van der Waals surface area contributed by atoms with Crippen LogP contribution in [0.15, 0.2) is 12.3 Å². The first-order valence-electron chi connectivity index (χ1n) is 10.3. The number of hydrogen-bond acceptors (Lipinski definition) is 6. The standard InChI is InChI=1S/C20H29N5O3/c26-13-16-3-1-2-7-24(16)8-6-21-20(28)15-9-17-19(22-10-15)23-11-18(27)25(17)12-14-4-5-14/h9-10,14,16,26H,1-8,11-13H2,(H,21,28)(H,22,23). The van der Waals surface area contributed by atoms with Crippen molar-refractivity contribution < 1.29 is 14.7 Å². The van der Waals surface area contributed by atoms with Gasteiger partial charge in [-0.2, -0.15) is 0 Å². The van der Waals surface area contributed by atoms with E-state index in [2.05, 4.69) is 20.5 Å². The molecule has 2 fully saturated rings. The lowest BCUT2D eigenvalue weighted by atomic mass is 10.0. The fourth-order valence-electron chi connectivity index (χ4n) is 4.04. The van der Waals surface area contributed by atoms with Gasteiger partial charge in [0.1, 0.15) is 5.82 Å². The highest BCUT2D eigenvalue weighted by Crippen LogP contribution is 2.35. The largest absolute Gasteiger partial charge is 0.395 e. The van der Waals surface area contributed by atoms with Crippen LogP contribution in [0.2, 0.25) is 0 Å². The molecule has 28 heavy (non-hydrogen) atoms. The van der Waals surface area contributed by atoms with Crippen LogP contribution in [0.5, 0.6) is 0 Å². The van der Waals surface area contributed by atoms with Gasteiger partial charge in [-0.25, -0.2) is 4.98 Å². The van der Waals surface area contributed by atoms with Crippen LogP contribution in [-0.2, 0) is 4.79 Å². The number of likely N-dealkylation sites (tertiary alicyclic amines) is 1. The molecule has 2 amide bonds. The van der Waals surface area contributed by atoms with Gasteiger partial charge in [0.05, 0.1) is 24.4 Å². The topological polar surface area (TPSA) is 97.8 Å². The Morgan fingerprint density at radius 2 is 2.18 bits per heavy atom. The van der Waals surface area contributed by atoms with Crippen LogP contribution < -0.4 is 15.5 Å². The van der Waals surface area contributed by atoms with Crippen molar-refractivity contribution in [2.75, 3.05) is 49.5 Å². The number of pyridine rings is 1. The van der Waals surface area contributed by atoms with E-state index in [1.807, 2.05) is 0 Å². The smallest absolute Gasteiger partial charge is 0.252 e. The Hall–Kier alpha value is -2.19. The molecule has 1 unspecified atom stereocenters. The summed E-state index contributed by atoms with van der Waals surface area (Å²) in [6.45, 7) is 3.34. The molecule has 1 atom stereocenters. The van der Waals surface area contributed by atoms with Crippen molar-refractivity contribution in [2.45, 2.75) is 38.1 Å². The number of carbonyl (C=O) groups excluding carboxylic acids is 2. The number of aliphatic hydroxyl groups is 1. The minimum absolute atomic E-state index is 0.0268. The van der Waals surface area contributed by atoms with Gasteiger partial charge in [-0.1, -0.05) is 6.42 Å². The molecular weight excluding hydrogens is 358 g/mol. The number of amides is 2. The van der Waals surface area contributed by atoms with E-state index >= 15 is 0 Å². The first kappa shape index (κ1) is 19.1. The van der Waals surface area contributed by atoms with Gasteiger partial charge < -0.3 is 20.6 Å². The minimum Gasteiger partial charge on any atom is -0.395 e. The number of aliphatic hydroxyl groups excluding tert-OH is 1. The summed E-state index contributed by atoms with van der Waals surface area (Å²) < 4.78 is 0. The van der Waals surface area contributed by atoms with Gasteiger partial charge in [0.15, 0.2) is 0 Å². The second-order valence-corrected chi connectivity index (χ2v) is 8.02. The zero-order valence-electron chi connectivity index (χ0n) is 16.2. The molecule has 1 aromatic heterocycles. The fourth-order valence-corrected chi connectivity index (χ4v) is 4.04. The third-order valence-electron chi connectivity index (χ3n) is 5.91. The van der Waals surface area contributed by atoms with Crippen LogP contribution in [0.4, 0.5) is 11.5 Å². The summed E-state index contributed by atoms with van der Waals surface area (Å²) in [7, 11) is 0. The lowest BCUT2D eigenvalue weighted by Gasteiger charge is -2.34. The van der Waals surface area contributed by atoms with E-state index in [-0.39, 0.29) is 31.0 Å². The molecule has 1 aliphatic carbocycles. The molecule has 1 saturated heterocycles. The molecular formula is C20H29N5O3. The lowest BCUT2D eigenvalue weighted by Crippen LogP contribution is -2.45. The normalized spacial score (nSPS) is 22.5. The van der Waals surface area contributed by atoms with Gasteiger partial charge in [-0.3, -0.25) is 14.5 Å². The fraction of sp³-hybridized carbons (Fsp3) is 0.650. The summed E-state index contributed by atoms with van der Waals surface area (Å²) in [6.07, 6.45) is 7.17. The molecule has 2 aliphatic heterocycles. The summed E-state index contributed by atoms with van der Waals surface area (Å²) in [5.74, 6) is 1.07. The maximum Gasteiger partial charge on any atom is 0.252 e. The van der Waals surface area contributed by atoms with E-state index < -0.39 is 0 Å². The number of fused-ring (bicyclic) bond motifs is 1. The highest BCUT2D eigenvalue weighted by Gasteiger charge is 2.32. The quantitative estimate of drug-likeness (QED) is 0.641. The molecule has 3 aliphatic rings. The van der Waals surface area contributed by atoms with Crippen LogP contribution >= 0.6 is 0 Å². The first-order chi connectivity index (χ1) is 13.7. The second kappa shape index (κ2) is 8.45. The number of aromatic nitrogens is 1. The van der Waals surface area contributed by atoms with Crippen molar-refractivity contribution >= 4 is 23.3 Å². The van der Waals surface area contributed by atoms with Gasteiger partial charge in [0.2, 0.25) is 5.91 Å². The van der Waals surface area contributed by atoms with E-state index in [1.54, 1.807) is 17.2 Å². The predicted octanol–water partition coefficient (Wildman–Crippen LogP) is 0.827.